The van der Waals surface area contributed by atoms with Gasteiger partial charge in [0.15, 0.2) is 11.5 Å². The molecule has 39 heavy (non-hydrogen) atoms. The van der Waals surface area contributed by atoms with Crippen molar-refractivity contribution in [2.75, 3.05) is 7.11 Å². The lowest BCUT2D eigenvalue weighted by Crippen LogP contribution is -2.30. The minimum Gasteiger partial charge on any atom is -0.508 e. The number of aliphatic hydroxyl groups is 1. The van der Waals surface area contributed by atoms with Crippen LogP contribution in [0.1, 0.15) is 45.9 Å². The van der Waals surface area contributed by atoms with Crippen molar-refractivity contribution in [1.29, 1.82) is 0 Å². The summed E-state index contributed by atoms with van der Waals surface area (Å²) in [7, 11) is 1.43. The first-order valence-electron chi connectivity index (χ1n) is 12.3. The van der Waals surface area contributed by atoms with E-state index >= 15 is 0 Å². The van der Waals surface area contributed by atoms with E-state index in [1.165, 1.54) is 43.5 Å². The summed E-state index contributed by atoms with van der Waals surface area (Å²) in [6, 6.07) is 17.0. The highest BCUT2D eigenvalue weighted by Crippen LogP contribution is 2.58. The van der Waals surface area contributed by atoms with E-state index in [0.29, 0.717) is 39.3 Å². The van der Waals surface area contributed by atoms with Crippen LogP contribution in [0.3, 0.4) is 0 Å². The minimum atomic E-state index is -0.978. The third kappa shape index (κ3) is 4.17. The fourth-order valence-corrected chi connectivity index (χ4v) is 5.49. The standard InChI is InChI=1S/C30H26O9/c1-37-24-10-15(4-7-21(24)34)30-26(16-8-18(32)11-19(33)9-16)27-25(39-30)13-23-20(28(27)36)12-22(35)29(38-23)14-2-5-17(31)6-3-14/h2-11,13,22,26,29-36H,12H2,1H3. The Morgan fingerprint density at radius 2 is 1.36 bits per heavy atom. The van der Waals surface area contributed by atoms with E-state index in [1.807, 2.05) is 0 Å². The number of fused-ring (bicyclic) bond motifs is 2. The normalized spacial score (nSPS) is 21.4. The Morgan fingerprint density at radius 3 is 2.05 bits per heavy atom. The second-order valence-corrected chi connectivity index (χ2v) is 9.75. The van der Waals surface area contributed by atoms with Crippen LogP contribution >= 0.6 is 0 Å². The number of aliphatic hydroxyl groups excluding tert-OH is 1. The van der Waals surface area contributed by atoms with Crippen molar-refractivity contribution >= 4 is 0 Å². The number of hydrogen-bond acceptors (Lipinski definition) is 9. The average molecular weight is 531 g/mol. The van der Waals surface area contributed by atoms with Crippen LogP contribution in [0.15, 0.2) is 66.7 Å². The highest BCUT2D eigenvalue weighted by molar-refractivity contribution is 5.64. The van der Waals surface area contributed by atoms with Crippen molar-refractivity contribution in [1.82, 2.24) is 0 Å². The third-order valence-corrected chi connectivity index (χ3v) is 7.29. The second-order valence-electron chi connectivity index (χ2n) is 9.75. The SMILES string of the molecule is COc1cc(C2Oc3cc4c(c(O)c3C2c2cc(O)cc(O)c2)CC(O)C(c2ccc(O)cc2)O4)ccc1O. The zero-order valence-corrected chi connectivity index (χ0v) is 20.8. The predicted molar refractivity (Wildman–Crippen MR) is 139 cm³/mol. The van der Waals surface area contributed by atoms with Gasteiger partial charge in [-0.1, -0.05) is 18.2 Å². The molecule has 0 bridgehead atoms. The molecule has 6 N–H and O–H groups in total. The molecule has 0 radical (unpaired) electrons. The number of aromatic hydroxyl groups is 5. The van der Waals surface area contributed by atoms with E-state index in [2.05, 4.69) is 0 Å². The summed E-state index contributed by atoms with van der Waals surface area (Å²) < 4.78 is 17.8. The van der Waals surface area contributed by atoms with Crippen LogP contribution < -0.4 is 14.2 Å². The number of rotatable bonds is 4. The molecular formula is C30H26O9. The van der Waals surface area contributed by atoms with E-state index < -0.39 is 24.2 Å². The summed E-state index contributed by atoms with van der Waals surface area (Å²) in [4.78, 5) is 0. The summed E-state index contributed by atoms with van der Waals surface area (Å²) in [6.45, 7) is 0. The van der Waals surface area contributed by atoms with Gasteiger partial charge in [-0.15, -0.1) is 0 Å². The molecule has 4 aromatic rings. The molecule has 0 saturated carbocycles. The predicted octanol–water partition coefficient (Wildman–Crippen LogP) is 4.53. The van der Waals surface area contributed by atoms with Gasteiger partial charge in [0.1, 0.15) is 46.7 Å². The van der Waals surface area contributed by atoms with Crippen LogP contribution in [0, 0.1) is 0 Å². The summed E-state index contributed by atoms with van der Waals surface area (Å²) in [5.74, 6) is -0.166. The number of phenols is 5. The van der Waals surface area contributed by atoms with Crippen LogP contribution in [-0.4, -0.2) is 43.9 Å². The van der Waals surface area contributed by atoms with Gasteiger partial charge in [-0.2, -0.15) is 0 Å². The van der Waals surface area contributed by atoms with Gasteiger partial charge in [-0.25, -0.2) is 0 Å². The molecule has 9 heteroatoms. The van der Waals surface area contributed by atoms with Crippen molar-refractivity contribution in [3.05, 3.63) is 94.5 Å². The highest BCUT2D eigenvalue weighted by atomic mass is 16.5. The maximum absolute atomic E-state index is 11.6. The molecule has 4 atom stereocenters. The average Bonchev–Trinajstić information content (AvgIpc) is 3.29. The number of phenolic OH excluding ortho intramolecular Hbond substituents is 5. The zero-order chi connectivity index (χ0) is 27.4. The number of hydrogen-bond donors (Lipinski definition) is 6. The molecule has 0 aromatic heterocycles. The third-order valence-electron chi connectivity index (χ3n) is 7.29. The smallest absolute Gasteiger partial charge is 0.160 e. The van der Waals surface area contributed by atoms with Gasteiger partial charge in [0.25, 0.3) is 0 Å². The van der Waals surface area contributed by atoms with Crippen LogP contribution in [-0.2, 0) is 6.42 Å². The van der Waals surface area contributed by atoms with Gasteiger partial charge >= 0.3 is 0 Å². The molecule has 0 amide bonds. The molecule has 6 rings (SSSR count). The van der Waals surface area contributed by atoms with E-state index in [4.69, 9.17) is 14.2 Å². The molecule has 9 nitrogen and oxygen atoms in total. The fraction of sp³-hybridized carbons (Fsp3) is 0.200. The molecule has 0 spiro atoms. The zero-order valence-electron chi connectivity index (χ0n) is 20.8. The van der Waals surface area contributed by atoms with Crippen LogP contribution in [0.25, 0.3) is 0 Å². The molecule has 0 fully saturated rings. The van der Waals surface area contributed by atoms with Gasteiger partial charge in [-0.05, 0) is 53.1 Å². The Bertz CT molecular complexity index is 1540. The minimum absolute atomic E-state index is 0.0516. The van der Waals surface area contributed by atoms with Crippen molar-refractivity contribution in [2.24, 2.45) is 0 Å². The molecule has 0 aliphatic carbocycles. The summed E-state index contributed by atoms with van der Waals surface area (Å²) in [5.41, 5.74) is 2.58. The first-order chi connectivity index (χ1) is 18.7. The largest absolute Gasteiger partial charge is 0.508 e. The second kappa shape index (κ2) is 9.21. The maximum Gasteiger partial charge on any atom is 0.160 e. The molecule has 2 heterocycles. The lowest BCUT2D eigenvalue weighted by Gasteiger charge is -2.32. The molecule has 4 aromatic carbocycles. The van der Waals surface area contributed by atoms with Crippen LogP contribution in [0.2, 0.25) is 0 Å². The molecular weight excluding hydrogens is 504 g/mol. The van der Waals surface area contributed by atoms with Crippen molar-refractivity contribution in [3.8, 4) is 46.0 Å². The number of methoxy groups -OCH3 is 1. The van der Waals surface area contributed by atoms with Gasteiger partial charge in [0.05, 0.1) is 19.1 Å². The number of benzene rings is 4. The molecule has 2 aliphatic heterocycles. The van der Waals surface area contributed by atoms with Crippen molar-refractivity contribution < 1.29 is 44.8 Å². The quantitative estimate of drug-likeness (QED) is 0.224. The van der Waals surface area contributed by atoms with Gasteiger partial charge < -0.3 is 44.8 Å². The molecule has 4 unspecified atom stereocenters. The molecule has 2 aliphatic rings. The van der Waals surface area contributed by atoms with Crippen LogP contribution in [0.4, 0.5) is 0 Å². The first kappa shape index (κ1) is 24.6. The van der Waals surface area contributed by atoms with Gasteiger partial charge in [0, 0.05) is 29.7 Å². The Balaban J connectivity index is 1.48. The Morgan fingerprint density at radius 1 is 0.692 bits per heavy atom. The van der Waals surface area contributed by atoms with Gasteiger partial charge in [-0.3, -0.25) is 0 Å². The van der Waals surface area contributed by atoms with E-state index in [9.17, 15) is 30.6 Å². The Kier molecular flexibility index (Phi) is 5.80. The fourth-order valence-electron chi connectivity index (χ4n) is 5.49. The molecule has 200 valence electrons. The van der Waals surface area contributed by atoms with E-state index in [1.54, 1.807) is 30.3 Å². The van der Waals surface area contributed by atoms with E-state index in [0.717, 1.165) is 0 Å². The Hall–Kier alpha value is -4.76. The lowest BCUT2D eigenvalue weighted by molar-refractivity contribution is 0.0197. The highest BCUT2D eigenvalue weighted by Gasteiger charge is 2.43. The summed E-state index contributed by atoms with van der Waals surface area (Å²) in [5, 5.41) is 62.7. The van der Waals surface area contributed by atoms with Crippen LogP contribution in [0.5, 0.6) is 46.0 Å². The summed E-state index contributed by atoms with van der Waals surface area (Å²) in [6.07, 6.45) is -2.35. The Labute approximate surface area is 223 Å². The maximum atomic E-state index is 11.6. The first-order valence-corrected chi connectivity index (χ1v) is 12.3. The summed E-state index contributed by atoms with van der Waals surface area (Å²) >= 11 is 0. The lowest BCUT2D eigenvalue weighted by atomic mass is 9.82. The molecule has 0 saturated heterocycles. The van der Waals surface area contributed by atoms with Gasteiger partial charge in [0.2, 0.25) is 0 Å². The van der Waals surface area contributed by atoms with Crippen molar-refractivity contribution in [3.63, 3.8) is 0 Å². The van der Waals surface area contributed by atoms with Crippen molar-refractivity contribution in [2.45, 2.75) is 30.7 Å². The van der Waals surface area contributed by atoms with E-state index in [-0.39, 0.29) is 40.9 Å². The number of ether oxygens (including phenoxy) is 3. The topological polar surface area (TPSA) is 149 Å². The monoisotopic (exact) mass is 530 g/mol.